The summed E-state index contributed by atoms with van der Waals surface area (Å²) in [6.07, 6.45) is -10.8. The summed E-state index contributed by atoms with van der Waals surface area (Å²) in [6, 6.07) is 5.81. The molecule has 16 heteroatoms. The van der Waals surface area contributed by atoms with Gasteiger partial charge in [0.25, 0.3) is 0 Å². The second kappa shape index (κ2) is 10.6. The Morgan fingerprint density at radius 1 is 0.674 bits per heavy atom. The van der Waals surface area contributed by atoms with E-state index >= 15 is 0 Å². The minimum Gasteiger partial charge on any atom is -0.377 e. The number of benzene rings is 2. The Labute approximate surface area is 257 Å². The van der Waals surface area contributed by atoms with Crippen LogP contribution in [0.3, 0.4) is 0 Å². The molecule has 4 aromatic rings. The Bertz CT molecular complexity index is 1730. The van der Waals surface area contributed by atoms with Gasteiger partial charge < -0.3 is 20.2 Å². The highest BCUT2D eigenvalue weighted by molar-refractivity contribution is 6.45. The van der Waals surface area contributed by atoms with Crippen LogP contribution in [0.1, 0.15) is 48.2 Å². The lowest BCUT2D eigenvalue weighted by molar-refractivity contribution is -0.349. The zero-order valence-electron chi connectivity index (χ0n) is 21.5. The van der Waals surface area contributed by atoms with Gasteiger partial charge in [-0.1, -0.05) is 46.4 Å². The van der Waals surface area contributed by atoms with Crippen molar-refractivity contribution in [1.29, 1.82) is 0 Å². The normalized spacial score (nSPS) is 22.7. The number of aryl methyl sites for hydroxylation is 2. The first-order chi connectivity index (χ1) is 19.7. The van der Waals surface area contributed by atoms with Gasteiger partial charge in [0.2, 0.25) is 5.60 Å². The van der Waals surface area contributed by atoms with E-state index in [4.69, 9.17) is 46.4 Å². The van der Waals surface area contributed by atoms with Crippen molar-refractivity contribution in [3.8, 4) is 0 Å². The van der Waals surface area contributed by atoms with Gasteiger partial charge in [0.1, 0.15) is 0 Å². The summed E-state index contributed by atoms with van der Waals surface area (Å²) in [5, 5.41) is 22.0. The van der Waals surface area contributed by atoms with E-state index in [-0.39, 0.29) is 62.5 Å². The third-order valence-electron chi connectivity index (χ3n) is 8.01. The molecule has 2 heterocycles. The zero-order valence-corrected chi connectivity index (χ0v) is 24.5. The molecule has 0 radical (unpaired) electrons. The summed E-state index contributed by atoms with van der Waals surface area (Å²) >= 11 is 23.7. The molecule has 4 nitrogen and oxygen atoms in total. The molecule has 0 aliphatic heterocycles. The van der Waals surface area contributed by atoms with Crippen molar-refractivity contribution in [2.24, 2.45) is 0 Å². The number of aromatic nitrogens is 2. The Morgan fingerprint density at radius 3 is 1.81 bits per heavy atom. The molecule has 2 aliphatic rings. The Balaban J connectivity index is 0.000000173. The summed E-state index contributed by atoms with van der Waals surface area (Å²) in [6.45, 7) is 0. The van der Waals surface area contributed by atoms with Crippen LogP contribution in [0.4, 0.5) is 35.1 Å². The molecule has 0 saturated carbocycles. The van der Waals surface area contributed by atoms with Gasteiger partial charge in [-0.25, -0.2) is 0 Å². The lowest BCUT2D eigenvalue weighted by Crippen LogP contribution is -2.56. The highest BCUT2D eigenvalue weighted by atomic mass is 35.5. The molecule has 2 unspecified atom stereocenters. The van der Waals surface area contributed by atoms with E-state index in [2.05, 4.69) is 9.97 Å². The van der Waals surface area contributed by atoms with Crippen molar-refractivity contribution in [1.82, 2.24) is 9.97 Å². The number of alkyl halides is 8. The largest absolute Gasteiger partial charge is 0.456 e. The number of fused-ring (bicyclic) bond motifs is 6. The zero-order chi connectivity index (χ0) is 31.9. The van der Waals surface area contributed by atoms with E-state index in [0.717, 1.165) is 0 Å². The van der Waals surface area contributed by atoms with Crippen LogP contribution in [0, 0.1) is 0 Å². The van der Waals surface area contributed by atoms with Gasteiger partial charge in [0.15, 0.2) is 5.60 Å². The van der Waals surface area contributed by atoms with Crippen LogP contribution >= 0.6 is 46.4 Å². The lowest BCUT2D eigenvalue weighted by Gasteiger charge is -2.39. The topological polar surface area (TPSA) is 72.0 Å². The minimum absolute atomic E-state index is 0.0115. The maximum absolute atomic E-state index is 13.9. The molecule has 0 amide bonds. The van der Waals surface area contributed by atoms with E-state index in [1.807, 2.05) is 0 Å². The molecule has 2 aromatic carbocycles. The molecule has 2 aliphatic carbocycles. The number of halogens is 12. The fourth-order valence-electron chi connectivity index (χ4n) is 5.87. The monoisotopic (exact) mass is 696 g/mol. The predicted molar refractivity (Wildman–Crippen MR) is 147 cm³/mol. The van der Waals surface area contributed by atoms with Crippen LogP contribution in [-0.4, -0.2) is 38.5 Å². The maximum atomic E-state index is 13.9. The summed E-state index contributed by atoms with van der Waals surface area (Å²) in [7, 11) is 0. The molecule has 0 spiro atoms. The van der Waals surface area contributed by atoms with E-state index in [1.54, 1.807) is 6.07 Å². The minimum atomic E-state index is -5.87. The lowest BCUT2D eigenvalue weighted by atomic mass is 9.78. The molecular formula is C27H20Cl4F8N2O2. The smallest absolute Gasteiger partial charge is 0.377 e. The number of hydrogen-bond donors (Lipinski definition) is 4. The van der Waals surface area contributed by atoms with Crippen molar-refractivity contribution in [2.45, 2.75) is 68.0 Å². The molecule has 6 rings (SSSR count). The summed E-state index contributed by atoms with van der Waals surface area (Å²) in [5.74, 6) is -5.29. The van der Waals surface area contributed by atoms with E-state index in [1.165, 1.54) is 18.2 Å². The van der Waals surface area contributed by atoms with Crippen molar-refractivity contribution >= 4 is 68.2 Å². The van der Waals surface area contributed by atoms with Gasteiger partial charge in [-0.05, 0) is 73.9 Å². The van der Waals surface area contributed by atoms with E-state index in [9.17, 15) is 45.3 Å². The van der Waals surface area contributed by atoms with Crippen molar-refractivity contribution in [3.05, 3.63) is 66.9 Å². The van der Waals surface area contributed by atoms with Crippen LogP contribution in [0.25, 0.3) is 21.8 Å². The Kier molecular flexibility index (Phi) is 7.96. The van der Waals surface area contributed by atoms with Gasteiger partial charge in [0.05, 0.1) is 31.5 Å². The molecule has 0 bridgehead atoms. The number of rotatable bonds is 1. The summed E-state index contributed by atoms with van der Waals surface area (Å²) in [4.78, 5) is 5.15. The van der Waals surface area contributed by atoms with E-state index < -0.39 is 41.6 Å². The first-order valence-corrected chi connectivity index (χ1v) is 14.2. The summed E-state index contributed by atoms with van der Waals surface area (Å²) < 4.78 is 106. The number of aromatic amines is 2. The van der Waals surface area contributed by atoms with Gasteiger partial charge in [-0.3, -0.25) is 0 Å². The van der Waals surface area contributed by atoms with Gasteiger partial charge in [0, 0.05) is 21.8 Å². The van der Waals surface area contributed by atoms with Crippen molar-refractivity contribution in [2.75, 3.05) is 0 Å². The van der Waals surface area contributed by atoms with Gasteiger partial charge in [-0.15, -0.1) is 0 Å². The van der Waals surface area contributed by atoms with Crippen molar-refractivity contribution < 1.29 is 45.3 Å². The Hall–Kier alpha value is -1.96. The van der Waals surface area contributed by atoms with Crippen molar-refractivity contribution in [3.63, 3.8) is 0 Å². The first-order valence-electron chi connectivity index (χ1n) is 12.7. The molecule has 2 aromatic heterocycles. The standard InChI is InChI=1S/C14H10Cl2F5NO.C13H10Cl2F3NO/c15-8-4-7-6-2-1-3-12(23,13(17,18)14(19,20)21)11(6)22-10(7)5-9(8)16;14-7-3-4-8-9(10(7)15)6-2-1-5-12(20,11(6)19-8)13(16,17)18/h4-5,22-23H,1-3H2;3-4,19-20H,1-2,5H2. The second-order valence-electron chi connectivity index (χ2n) is 10.6. The third kappa shape index (κ3) is 4.96. The molecule has 4 N–H and O–H groups in total. The van der Waals surface area contributed by atoms with Crippen LogP contribution in [0.15, 0.2) is 24.3 Å². The fourth-order valence-corrected chi connectivity index (χ4v) is 6.63. The van der Waals surface area contributed by atoms with E-state index in [0.29, 0.717) is 28.3 Å². The molecule has 2 atom stereocenters. The molecular weight excluding hydrogens is 678 g/mol. The van der Waals surface area contributed by atoms with Crippen LogP contribution in [-0.2, 0) is 24.0 Å². The van der Waals surface area contributed by atoms with Crippen LogP contribution < -0.4 is 0 Å². The average Bonchev–Trinajstić information content (AvgIpc) is 3.46. The number of nitrogens with one attached hydrogen (secondary N) is 2. The van der Waals surface area contributed by atoms with Crippen LogP contribution in [0.2, 0.25) is 20.1 Å². The molecule has 43 heavy (non-hydrogen) atoms. The third-order valence-corrected chi connectivity index (χ3v) is 9.53. The summed E-state index contributed by atoms with van der Waals surface area (Å²) in [5.41, 5.74) is -5.63. The quantitative estimate of drug-likeness (QED) is 0.150. The highest BCUT2D eigenvalue weighted by Gasteiger charge is 2.71. The molecule has 0 fully saturated rings. The average molecular weight is 698 g/mol. The fraction of sp³-hybridized carbons (Fsp3) is 0.407. The number of H-pyrrole nitrogens is 2. The number of aliphatic hydroxyl groups is 2. The first kappa shape index (κ1) is 32.4. The molecule has 234 valence electrons. The predicted octanol–water partition coefficient (Wildman–Crippen LogP) is 9.76. The number of hydrogen-bond acceptors (Lipinski definition) is 2. The Morgan fingerprint density at radius 2 is 1.21 bits per heavy atom. The second-order valence-corrected chi connectivity index (χ2v) is 12.2. The van der Waals surface area contributed by atoms with Gasteiger partial charge in [-0.2, -0.15) is 35.1 Å². The maximum Gasteiger partial charge on any atom is 0.456 e. The van der Waals surface area contributed by atoms with Gasteiger partial charge >= 0.3 is 18.3 Å². The highest BCUT2D eigenvalue weighted by Crippen LogP contribution is 2.54. The van der Waals surface area contributed by atoms with Crippen LogP contribution in [0.5, 0.6) is 0 Å². The SMILES string of the molecule is OC1(C(F)(F)C(F)(F)F)CCCc2c1[nH]c1cc(Cl)c(Cl)cc21.OC1(C(F)(F)F)CCCc2c1[nH]c1ccc(Cl)c(Cl)c21. The molecule has 0 saturated heterocycles.